The van der Waals surface area contributed by atoms with Crippen molar-refractivity contribution in [1.82, 2.24) is 0 Å². The lowest BCUT2D eigenvalue weighted by atomic mass is 9.78. The van der Waals surface area contributed by atoms with Gasteiger partial charge in [-0.25, -0.2) is 0 Å². The summed E-state index contributed by atoms with van der Waals surface area (Å²) in [5.74, 6) is 2.09. The van der Waals surface area contributed by atoms with E-state index < -0.39 is 0 Å². The molecule has 2 heteroatoms. The van der Waals surface area contributed by atoms with E-state index in [0.717, 1.165) is 25.0 Å². The molecular weight excluding hydrogens is 368 g/mol. The summed E-state index contributed by atoms with van der Waals surface area (Å²) in [7, 11) is 0. The van der Waals surface area contributed by atoms with Crippen molar-refractivity contribution in [3.8, 4) is 0 Å². The number of hydrogen-bond acceptors (Lipinski definition) is 2. The topological polar surface area (TPSA) is 18.5 Å². The Morgan fingerprint density at radius 3 is 1.10 bits per heavy atom. The van der Waals surface area contributed by atoms with Crippen molar-refractivity contribution >= 4 is 0 Å². The molecule has 0 aromatic rings. The normalized spacial score (nSPS) is 18.8. The average Bonchev–Trinajstić information content (AvgIpc) is 2.77. The minimum absolute atomic E-state index is 0.846. The highest BCUT2D eigenvalue weighted by Gasteiger charge is 2.20. The Kier molecular flexibility index (Phi) is 19.3. The third-order valence-corrected chi connectivity index (χ3v) is 6.95. The van der Waals surface area contributed by atoms with Crippen molar-refractivity contribution in [2.45, 2.75) is 128 Å². The van der Waals surface area contributed by atoms with Gasteiger partial charge in [0.05, 0.1) is 25.7 Å². The lowest BCUT2D eigenvalue weighted by molar-refractivity contribution is 0.240. The van der Waals surface area contributed by atoms with Crippen LogP contribution in [0.4, 0.5) is 0 Å². The summed E-state index contributed by atoms with van der Waals surface area (Å²) < 4.78 is 10.3. The average molecular weight is 421 g/mol. The molecule has 0 bridgehead atoms. The summed E-state index contributed by atoms with van der Waals surface area (Å²) in [4.78, 5) is 0. The van der Waals surface area contributed by atoms with Crippen LogP contribution in [0.2, 0.25) is 0 Å². The van der Waals surface area contributed by atoms with Gasteiger partial charge in [0.2, 0.25) is 0 Å². The van der Waals surface area contributed by atoms with E-state index in [4.69, 9.17) is 9.47 Å². The van der Waals surface area contributed by atoms with E-state index in [0.29, 0.717) is 0 Å². The van der Waals surface area contributed by atoms with Gasteiger partial charge in [-0.1, -0.05) is 129 Å². The van der Waals surface area contributed by atoms with E-state index in [9.17, 15) is 0 Å². The van der Waals surface area contributed by atoms with Crippen molar-refractivity contribution in [2.75, 3.05) is 13.2 Å². The van der Waals surface area contributed by atoms with Crippen LogP contribution in [0.3, 0.4) is 0 Å². The first-order valence-corrected chi connectivity index (χ1v) is 13.3. The summed E-state index contributed by atoms with van der Waals surface area (Å²) >= 11 is 0. The number of rotatable bonds is 22. The van der Waals surface area contributed by atoms with E-state index in [1.54, 1.807) is 12.5 Å². The fourth-order valence-electron chi connectivity index (χ4n) is 4.98. The van der Waals surface area contributed by atoms with Crippen LogP contribution in [-0.2, 0) is 9.47 Å². The number of hydrogen-bond donors (Lipinski definition) is 0. The van der Waals surface area contributed by atoms with Crippen molar-refractivity contribution < 1.29 is 9.47 Å². The molecule has 30 heavy (non-hydrogen) atoms. The van der Waals surface area contributed by atoms with Gasteiger partial charge < -0.3 is 9.47 Å². The zero-order valence-electron chi connectivity index (χ0n) is 20.1. The summed E-state index contributed by atoms with van der Waals surface area (Å²) in [5, 5.41) is 0. The highest BCUT2D eigenvalue weighted by atomic mass is 16.5. The first-order valence-electron chi connectivity index (χ1n) is 13.3. The molecule has 1 aliphatic carbocycles. The van der Waals surface area contributed by atoms with Gasteiger partial charge in [-0.2, -0.15) is 0 Å². The van der Waals surface area contributed by atoms with Gasteiger partial charge in [-0.15, -0.1) is 0 Å². The molecule has 0 heterocycles. The predicted octanol–water partition coefficient (Wildman–Crippen LogP) is 9.35. The molecule has 1 saturated carbocycles. The lowest BCUT2D eigenvalue weighted by Crippen LogP contribution is -2.14. The third-order valence-electron chi connectivity index (χ3n) is 6.95. The third kappa shape index (κ3) is 16.8. The molecule has 0 aromatic carbocycles. The first-order chi connectivity index (χ1) is 14.9. The quantitative estimate of drug-likeness (QED) is 0.128. The highest BCUT2D eigenvalue weighted by Crippen LogP contribution is 2.34. The van der Waals surface area contributed by atoms with Crippen LogP contribution in [0, 0.1) is 11.8 Å². The Morgan fingerprint density at radius 1 is 0.467 bits per heavy atom. The Balaban J connectivity index is 1.80. The fraction of sp³-hybridized carbons (Fsp3) is 0.857. The fourth-order valence-corrected chi connectivity index (χ4v) is 4.98. The molecule has 0 amide bonds. The monoisotopic (exact) mass is 420 g/mol. The van der Waals surface area contributed by atoms with Gasteiger partial charge in [0.15, 0.2) is 0 Å². The molecule has 0 atom stereocenters. The summed E-state index contributed by atoms with van der Waals surface area (Å²) in [6.07, 6.45) is 31.4. The molecule has 0 N–H and O–H groups in total. The molecule has 0 spiro atoms. The number of unbranched alkanes of at least 4 members (excludes halogenated alkanes) is 12. The minimum Gasteiger partial charge on any atom is -0.502 e. The van der Waals surface area contributed by atoms with Crippen molar-refractivity contribution in [1.29, 1.82) is 0 Å². The molecule has 2 nitrogen and oxygen atoms in total. The zero-order chi connectivity index (χ0) is 21.5. The van der Waals surface area contributed by atoms with Gasteiger partial charge in [-0.3, -0.25) is 0 Å². The van der Waals surface area contributed by atoms with Gasteiger partial charge in [0.25, 0.3) is 0 Å². The van der Waals surface area contributed by atoms with Gasteiger partial charge >= 0.3 is 0 Å². The molecule has 0 saturated heterocycles. The Labute approximate surface area is 188 Å². The largest absolute Gasteiger partial charge is 0.502 e. The van der Waals surface area contributed by atoms with Crippen LogP contribution in [0.15, 0.2) is 25.7 Å². The zero-order valence-corrected chi connectivity index (χ0v) is 20.1. The van der Waals surface area contributed by atoms with E-state index >= 15 is 0 Å². The van der Waals surface area contributed by atoms with E-state index in [1.807, 2.05) is 0 Å². The lowest BCUT2D eigenvalue weighted by Gasteiger charge is -2.28. The Hall–Kier alpha value is -0.920. The predicted molar refractivity (Wildman–Crippen MR) is 132 cm³/mol. The highest BCUT2D eigenvalue weighted by molar-refractivity contribution is 4.73. The molecule has 0 radical (unpaired) electrons. The van der Waals surface area contributed by atoms with Gasteiger partial charge in [0.1, 0.15) is 0 Å². The van der Waals surface area contributed by atoms with E-state index in [1.165, 1.54) is 128 Å². The smallest absolute Gasteiger partial charge is 0.0873 e. The maximum Gasteiger partial charge on any atom is 0.0873 e. The molecule has 1 rings (SSSR count). The van der Waals surface area contributed by atoms with Crippen LogP contribution in [0.1, 0.15) is 128 Å². The van der Waals surface area contributed by atoms with E-state index in [-0.39, 0.29) is 0 Å². The molecule has 0 aliphatic heterocycles. The second-order valence-electron chi connectivity index (χ2n) is 9.49. The molecule has 1 aliphatic rings. The second kappa shape index (κ2) is 21.3. The van der Waals surface area contributed by atoms with Gasteiger partial charge in [0, 0.05) is 0 Å². The molecule has 176 valence electrons. The molecule has 0 aromatic heterocycles. The van der Waals surface area contributed by atoms with E-state index in [2.05, 4.69) is 13.2 Å². The second-order valence-corrected chi connectivity index (χ2v) is 9.49. The summed E-state index contributed by atoms with van der Waals surface area (Å²) in [5.41, 5.74) is 0. The molecule has 0 unspecified atom stereocenters. The number of ether oxygens (including phenoxy) is 2. The maximum atomic E-state index is 5.17. The van der Waals surface area contributed by atoms with Crippen LogP contribution in [0.5, 0.6) is 0 Å². The molecule has 1 fully saturated rings. The first kappa shape index (κ1) is 27.1. The minimum atomic E-state index is 0.846. The Bertz CT molecular complexity index is 335. The van der Waals surface area contributed by atoms with Crippen molar-refractivity contribution in [2.24, 2.45) is 11.8 Å². The van der Waals surface area contributed by atoms with Crippen LogP contribution in [0.25, 0.3) is 0 Å². The van der Waals surface area contributed by atoms with Crippen LogP contribution >= 0.6 is 0 Å². The maximum absolute atomic E-state index is 5.17. The SMILES string of the molecule is C=COCCCCCCCCCC1CCC(CCCCCCCCCOC=C)CC1. The van der Waals surface area contributed by atoms with Gasteiger partial charge in [-0.05, 0) is 24.7 Å². The van der Waals surface area contributed by atoms with Crippen LogP contribution in [-0.4, -0.2) is 13.2 Å². The van der Waals surface area contributed by atoms with Crippen LogP contribution < -0.4 is 0 Å². The summed E-state index contributed by atoms with van der Waals surface area (Å²) in [6, 6.07) is 0. The Morgan fingerprint density at radius 2 is 0.767 bits per heavy atom. The van der Waals surface area contributed by atoms with Crippen molar-refractivity contribution in [3.05, 3.63) is 25.7 Å². The standard InChI is InChI=1S/C28H52O2/c1-3-29-25-17-13-9-5-7-11-15-19-27-21-23-28(24-22-27)20-16-12-8-6-10-14-18-26-30-4-2/h3-4,27-28H,1-2,5-26H2. The summed E-state index contributed by atoms with van der Waals surface area (Å²) in [6.45, 7) is 8.85. The van der Waals surface area contributed by atoms with Crippen molar-refractivity contribution in [3.63, 3.8) is 0 Å². The molecular formula is C28H52O2.